The van der Waals surface area contributed by atoms with Crippen LogP contribution in [0.2, 0.25) is 0 Å². The molecule has 0 aliphatic heterocycles. The van der Waals surface area contributed by atoms with Gasteiger partial charge in [-0.15, -0.1) is 0 Å². The van der Waals surface area contributed by atoms with Crippen LogP contribution in [0.1, 0.15) is 46.0 Å². The standard InChI is InChI=1S/C14H20FNO3/c1-3-4-5-6-7-11(2)19-14-9-12(15)8-13(10-14)16(17)18/h8-11H,3-7H2,1-2H3. The Labute approximate surface area is 112 Å². The molecule has 1 aromatic rings. The molecule has 0 aromatic heterocycles. The summed E-state index contributed by atoms with van der Waals surface area (Å²) in [5, 5.41) is 10.6. The molecule has 0 saturated heterocycles. The van der Waals surface area contributed by atoms with Crippen LogP contribution in [0.5, 0.6) is 5.75 Å². The van der Waals surface area contributed by atoms with Gasteiger partial charge in [0.25, 0.3) is 5.69 Å². The largest absolute Gasteiger partial charge is 0.490 e. The van der Waals surface area contributed by atoms with Crippen LogP contribution in [0.4, 0.5) is 10.1 Å². The molecule has 0 saturated carbocycles. The number of nitro benzene ring substituents is 1. The minimum atomic E-state index is -0.651. The Kier molecular flexibility index (Phi) is 6.25. The van der Waals surface area contributed by atoms with E-state index < -0.39 is 10.7 Å². The average Bonchev–Trinajstić information content (AvgIpc) is 2.34. The fourth-order valence-electron chi connectivity index (χ4n) is 1.87. The van der Waals surface area contributed by atoms with Crippen molar-refractivity contribution < 1.29 is 14.1 Å². The number of nitro groups is 1. The molecule has 0 spiro atoms. The second-order valence-corrected chi connectivity index (χ2v) is 4.68. The lowest BCUT2D eigenvalue weighted by Crippen LogP contribution is -2.11. The van der Waals surface area contributed by atoms with Crippen molar-refractivity contribution in [2.45, 2.75) is 52.1 Å². The summed E-state index contributed by atoms with van der Waals surface area (Å²) >= 11 is 0. The zero-order chi connectivity index (χ0) is 14.3. The smallest absolute Gasteiger partial charge is 0.276 e. The Morgan fingerprint density at radius 3 is 2.68 bits per heavy atom. The van der Waals surface area contributed by atoms with Crippen molar-refractivity contribution in [1.29, 1.82) is 0 Å². The van der Waals surface area contributed by atoms with Gasteiger partial charge in [-0.2, -0.15) is 0 Å². The van der Waals surface area contributed by atoms with Crippen molar-refractivity contribution in [2.75, 3.05) is 0 Å². The van der Waals surface area contributed by atoms with Gasteiger partial charge in [-0.05, 0) is 19.8 Å². The number of unbranched alkanes of at least 4 members (excludes halogenated alkanes) is 3. The van der Waals surface area contributed by atoms with E-state index in [9.17, 15) is 14.5 Å². The highest BCUT2D eigenvalue weighted by molar-refractivity contribution is 5.38. The maximum Gasteiger partial charge on any atom is 0.276 e. The Bertz CT molecular complexity index is 423. The lowest BCUT2D eigenvalue weighted by atomic mass is 10.1. The average molecular weight is 269 g/mol. The number of non-ortho nitro benzene ring substituents is 1. The van der Waals surface area contributed by atoms with E-state index in [0.29, 0.717) is 0 Å². The second kappa shape index (κ2) is 7.71. The van der Waals surface area contributed by atoms with Crippen molar-refractivity contribution in [3.8, 4) is 5.75 Å². The van der Waals surface area contributed by atoms with E-state index in [4.69, 9.17) is 4.74 Å². The molecular weight excluding hydrogens is 249 g/mol. The Balaban J connectivity index is 2.53. The van der Waals surface area contributed by atoms with Crippen molar-refractivity contribution in [3.63, 3.8) is 0 Å². The van der Waals surface area contributed by atoms with Gasteiger partial charge in [0.2, 0.25) is 0 Å². The fraction of sp³-hybridized carbons (Fsp3) is 0.571. The van der Waals surface area contributed by atoms with Gasteiger partial charge >= 0.3 is 0 Å². The Hall–Kier alpha value is -1.65. The Morgan fingerprint density at radius 2 is 2.05 bits per heavy atom. The number of hydrogen-bond donors (Lipinski definition) is 0. The molecule has 0 bridgehead atoms. The highest BCUT2D eigenvalue weighted by Gasteiger charge is 2.12. The van der Waals surface area contributed by atoms with Gasteiger partial charge in [-0.25, -0.2) is 4.39 Å². The van der Waals surface area contributed by atoms with Crippen LogP contribution in [0.15, 0.2) is 18.2 Å². The number of halogens is 1. The molecule has 106 valence electrons. The molecule has 0 N–H and O–H groups in total. The topological polar surface area (TPSA) is 52.4 Å². The molecular formula is C14H20FNO3. The first kappa shape index (κ1) is 15.4. The summed E-state index contributed by atoms with van der Waals surface area (Å²) in [6.45, 7) is 4.04. The van der Waals surface area contributed by atoms with E-state index in [1.54, 1.807) is 0 Å². The molecule has 0 aliphatic rings. The van der Waals surface area contributed by atoms with E-state index in [1.165, 1.54) is 25.0 Å². The summed E-state index contributed by atoms with van der Waals surface area (Å²) in [5.41, 5.74) is -0.284. The molecule has 0 aliphatic carbocycles. The minimum absolute atomic E-state index is 0.0711. The molecule has 1 aromatic carbocycles. The van der Waals surface area contributed by atoms with Crippen molar-refractivity contribution in [2.24, 2.45) is 0 Å². The summed E-state index contributed by atoms with van der Waals surface area (Å²) in [6, 6.07) is 3.32. The first-order valence-corrected chi connectivity index (χ1v) is 6.64. The molecule has 0 heterocycles. The van der Waals surface area contributed by atoms with Gasteiger partial charge in [0.15, 0.2) is 0 Å². The molecule has 1 atom stereocenters. The number of rotatable bonds is 8. The number of hydrogen-bond acceptors (Lipinski definition) is 3. The summed E-state index contributed by atoms with van der Waals surface area (Å²) in [7, 11) is 0. The first-order valence-electron chi connectivity index (χ1n) is 6.64. The molecule has 1 unspecified atom stereocenters. The lowest BCUT2D eigenvalue weighted by molar-refractivity contribution is -0.385. The van der Waals surface area contributed by atoms with Crippen LogP contribution in [0.3, 0.4) is 0 Å². The molecule has 0 radical (unpaired) electrons. The number of nitrogens with zero attached hydrogens (tertiary/aromatic N) is 1. The van der Waals surface area contributed by atoms with Gasteiger partial charge in [-0.1, -0.05) is 26.2 Å². The quantitative estimate of drug-likeness (QED) is 0.397. The van der Waals surface area contributed by atoms with Crippen LogP contribution in [-0.2, 0) is 0 Å². The predicted molar refractivity (Wildman–Crippen MR) is 71.9 cm³/mol. The van der Waals surface area contributed by atoms with Gasteiger partial charge in [0.05, 0.1) is 23.2 Å². The number of benzene rings is 1. The van der Waals surface area contributed by atoms with E-state index in [-0.39, 0.29) is 17.5 Å². The van der Waals surface area contributed by atoms with Crippen LogP contribution in [-0.4, -0.2) is 11.0 Å². The van der Waals surface area contributed by atoms with Gasteiger partial charge < -0.3 is 4.74 Å². The summed E-state index contributed by atoms with van der Waals surface area (Å²) < 4.78 is 18.7. The highest BCUT2D eigenvalue weighted by atomic mass is 19.1. The normalized spacial score (nSPS) is 12.2. The molecule has 5 heteroatoms. The third-order valence-corrected chi connectivity index (χ3v) is 2.87. The summed E-state index contributed by atoms with van der Waals surface area (Å²) in [5.74, 6) is -0.433. The SMILES string of the molecule is CCCCCCC(C)Oc1cc(F)cc([N+](=O)[O-])c1. The maximum atomic E-state index is 13.2. The Morgan fingerprint density at radius 1 is 1.32 bits per heavy atom. The second-order valence-electron chi connectivity index (χ2n) is 4.68. The van der Waals surface area contributed by atoms with Crippen molar-refractivity contribution in [1.82, 2.24) is 0 Å². The zero-order valence-electron chi connectivity index (χ0n) is 11.4. The first-order chi connectivity index (χ1) is 9.02. The summed E-state index contributed by atoms with van der Waals surface area (Å²) in [4.78, 5) is 10.00. The number of ether oxygens (including phenoxy) is 1. The van der Waals surface area contributed by atoms with Crippen LogP contribution in [0.25, 0.3) is 0 Å². The molecule has 1 rings (SSSR count). The molecule has 0 amide bonds. The van der Waals surface area contributed by atoms with E-state index in [0.717, 1.165) is 25.3 Å². The van der Waals surface area contributed by atoms with Crippen molar-refractivity contribution >= 4 is 5.69 Å². The molecule has 0 fully saturated rings. The van der Waals surface area contributed by atoms with E-state index in [2.05, 4.69) is 6.92 Å². The highest BCUT2D eigenvalue weighted by Crippen LogP contribution is 2.23. The van der Waals surface area contributed by atoms with Crippen LogP contribution in [0, 0.1) is 15.9 Å². The lowest BCUT2D eigenvalue weighted by Gasteiger charge is -2.14. The third kappa shape index (κ3) is 5.68. The third-order valence-electron chi connectivity index (χ3n) is 2.87. The van der Waals surface area contributed by atoms with Gasteiger partial charge in [0.1, 0.15) is 11.6 Å². The molecule has 4 nitrogen and oxygen atoms in total. The minimum Gasteiger partial charge on any atom is -0.490 e. The van der Waals surface area contributed by atoms with E-state index in [1.807, 2.05) is 6.92 Å². The van der Waals surface area contributed by atoms with Gasteiger partial charge in [0, 0.05) is 6.07 Å². The maximum absolute atomic E-state index is 13.2. The fourth-order valence-corrected chi connectivity index (χ4v) is 1.87. The van der Waals surface area contributed by atoms with Crippen LogP contribution < -0.4 is 4.74 Å². The monoisotopic (exact) mass is 269 g/mol. The van der Waals surface area contributed by atoms with Crippen molar-refractivity contribution in [3.05, 3.63) is 34.1 Å². The summed E-state index contributed by atoms with van der Waals surface area (Å²) in [6.07, 6.45) is 5.35. The van der Waals surface area contributed by atoms with Gasteiger partial charge in [-0.3, -0.25) is 10.1 Å². The van der Waals surface area contributed by atoms with E-state index >= 15 is 0 Å². The van der Waals surface area contributed by atoms with Crippen LogP contribution >= 0.6 is 0 Å². The zero-order valence-corrected chi connectivity index (χ0v) is 11.4. The predicted octanol–water partition coefficient (Wildman–Crippen LogP) is 4.47. The molecule has 19 heavy (non-hydrogen) atoms.